The van der Waals surface area contributed by atoms with Crippen molar-refractivity contribution in [3.8, 4) is 0 Å². The second-order valence-corrected chi connectivity index (χ2v) is 2.90. The Kier molecular flexibility index (Phi) is 3.74. The van der Waals surface area contributed by atoms with Gasteiger partial charge in [0.1, 0.15) is 0 Å². The van der Waals surface area contributed by atoms with Crippen LogP contribution in [0.5, 0.6) is 0 Å². The first-order valence-electron chi connectivity index (χ1n) is 4.47. The predicted octanol–water partition coefficient (Wildman–Crippen LogP) is 3.42. The van der Waals surface area contributed by atoms with Crippen molar-refractivity contribution < 1.29 is 0 Å². The monoisotopic (exact) mass is 148 g/mol. The number of hydrogen-bond donors (Lipinski definition) is 0. The van der Waals surface area contributed by atoms with Crippen LogP contribution in [0.2, 0.25) is 0 Å². The lowest BCUT2D eigenvalue weighted by Crippen LogP contribution is -1.73. The number of aryl methyl sites for hydroxylation is 1. The van der Waals surface area contributed by atoms with Gasteiger partial charge in [-0.15, -0.1) is 0 Å². The Morgan fingerprint density at radius 2 is 1.55 bits per heavy atom. The second kappa shape index (κ2) is 4.95. The molecule has 1 aliphatic rings. The van der Waals surface area contributed by atoms with Crippen LogP contribution in [-0.2, 0) is 6.42 Å². The molecule has 0 heterocycles. The molecule has 0 nitrogen and oxygen atoms in total. The van der Waals surface area contributed by atoms with Gasteiger partial charge in [0, 0.05) is 0 Å². The summed E-state index contributed by atoms with van der Waals surface area (Å²) in [6.45, 7) is 2.16. The summed E-state index contributed by atoms with van der Waals surface area (Å²) in [5.74, 6) is 0. The second-order valence-electron chi connectivity index (χ2n) is 2.90. The molecule has 1 saturated carbocycles. The van der Waals surface area contributed by atoms with Gasteiger partial charge in [-0.1, -0.05) is 56.5 Å². The molecule has 0 unspecified atom stereocenters. The topological polar surface area (TPSA) is 0 Å². The Bertz CT molecular complexity index is 172. The van der Waals surface area contributed by atoms with Crippen molar-refractivity contribution in [3.63, 3.8) is 0 Å². The normalized spacial score (nSPS) is 13.2. The van der Waals surface area contributed by atoms with Crippen LogP contribution >= 0.6 is 0 Å². The van der Waals surface area contributed by atoms with Gasteiger partial charge in [-0.3, -0.25) is 0 Å². The first-order chi connectivity index (χ1) is 5.43. The minimum absolute atomic E-state index is 1.14. The highest BCUT2D eigenvalue weighted by molar-refractivity contribution is 5.13. The molecule has 0 radical (unpaired) electrons. The molecule has 0 heteroatoms. The smallest absolute Gasteiger partial charge is 0.0307 e. The summed E-state index contributed by atoms with van der Waals surface area (Å²) in [5.41, 5.74) is 1.41. The van der Waals surface area contributed by atoms with E-state index >= 15 is 0 Å². The third kappa shape index (κ3) is 4.60. The molecule has 1 fully saturated rings. The van der Waals surface area contributed by atoms with Crippen LogP contribution in [-0.4, -0.2) is 0 Å². The fraction of sp³-hybridized carbons (Fsp3) is 0.455. The molecular weight excluding hydrogens is 132 g/mol. The van der Waals surface area contributed by atoms with Crippen molar-refractivity contribution in [2.75, 3.05) is 0 Å². The summed E-state index contributed by atoms with van der Waals surface area (Å²) in [4.78, 5) is 0. The van der Waals surface area contributed by atoms with E-state index in [0.717, 1.165) is 6.42 Å². The average molecular weight is 148 g/mol. The van der Waals surface area contributed by atoms with Crippen LogP contribution in [0.1, 0.15) is 31.7 Å². The fourth-order valence-electron chi connectivity index (χ4n) is 0.714. The van der Waals surface area contributed by atoms with E-state index in [9.17, 15) is 0 Å². The van der Waals surface area contributed by atoms with E-state index in [1.807, 2.05) is 6.07 Å². The number of benzene rings is 1. The maximum atomic E-state index is 2.16. The summed E-state index contributed by atoms with van der Waals surface area (Å²) < 4.78 is 0. The lowest BCUT2D eigenvalue weighted by molar-refractivity contribution is 1.14. The van der Waals surface area contributed by atoms with Gasteiger partial charge < -0.3 is 0 Å². The molecule has 0 saturated heterocycles. The van der Waals surface area contributed by atoms with Gasteiger partial charge >= 0.3 is 0 Å². The highest BCUT2D eigenvalue weighted by atomic mass is 14.0. The minimum Gasteiger partial charge on any atom is -0.0622 e. The fourth-order valence-corrected chi connectivity index (χ4v) is 0.714. The molecule has 0 amide bonds. The van der Waals surface area contributed by atoms with Crippen molar-refractivity contribution in [1.82, 2.24) is 0 Å². The van der Waals surface area contributed by atoms with Crippen molar-refractivity contribution in [1.29, 1.82) is 0 Å². The highest BCUT2D eigenvalue weighted by Crippen LogP contribution is 2.14. The van der Waals surface area contributed by atoms with Gasteiger partial charge in [-0.2, -0.15) is 0 Å². The minimum atomic E-state index is 1.14. The van der Waals surface area contributed by atoms with Gasteiger partial charge in [0.15, 0.2) is 0 Å². The van der Waals surface area contributed by atoms with E-state index in [0.29, 0.717) is 0 Å². The van der Waals surface area contributed by atoms with E-state index in [4.69, 9.17) is 0 Å². The van der Waals surface area contributed by atoms with Crippen LogP contribution in [0.15, 0.2) is 30.3 Å². The molecule has 0 aromatic heterocycles. The average Bonchev–Trinajstić information content (AvgIpc) is 2.92. The number of hydrogen-bond acceptors (Lipinski definition) is 0. The summed E-state index contributed by atoms with van der Waals surface area (Å²) in [5, 5.41) is 0. The van der Waals surface area contributed by atoms with E-state index < -0.39 is 0 Å². The zero-order valence-electron chi connectivity index (χ0n) is 7.22. The van der Waals surface area contributed by atoms with E-state index in [1.54, 1.807) is 0 Å². The van der Waals surface area contributed by atoms with Gasteiger partial charge in [0.2, 0.25) is 0 Å². The number of rotatable bonds is 1. The van der Waals surface area contributed by atoms with E-state index in [-0.39, 0.29) is 0 Å². The summed E-state index contributed by atoms with van der Waals surface area (Å²) >= 11 is 0. The molecule has 1 aromatic carbocycles. The summed E-state index contributed by atoms with van der Waals surface area (Å²) in [6, 6.07) is 10.5. The van der Waals surface area contributed by atoms with Crippen LogP contribution in [0.25, 0.3) is 0 Å². The molecule has 1 aromatic rings. The summed E-state index contributed by atoms with van der Waals surface area (Å²) in [7, 11) is 0. The SMILES string of the molecule is C1CC1.CCc1ccccc1. The molecular formula is C11H16. The van der Waals surface area contributed by atoms with Gasteiger partial charge in [0.05, 0.1) is 0 Å². The molecule has 11 heavy (non-hydrogen) atoms. The predicted molar refractivity (Wildman–Crippen MR) is 49.7 cm³/mol. The zero-order chi connectivity index (χ0) is 7.94. The van der Waals surface area contributed by atoms with Crippen molar-refractivity contribution in [2.24, 2.45) is 0 Å². The van der Waals surface area contributed by atoms with Crippen molar-refractivity contribution >= 4 is 0 Å². The Morgan fingerprint density at radius 1 is 1.00 bits per heavy atom. The standard InChI is InChI=1S/C8H10.C3H6/c1-2-8-6-4-3-5-7-8;1-2-3-1/h3-7H,2H2,1H3;1-3H2. The first-order valence-corrected chi connectivity index (χ1v) is 4.47. The van der Waals surface area contributed by atoms with E-state index in [1.165, 1.54) is 24.8 Å². The van der Waals surface area contributed by atoms with Gasteiger partial charge in [0.25, 0.3) is 0 Å². The largest absolute Gasteiger partial charge is 0.0622 e. The molecule has 2 rings (SSSR count). The van der Waals surface area contributed by atoms with Crippen LogP contribution in [0, 0.1) is 0 Å². The molecule has 60 valence electrons. The highest BCUT2D eigenvalue weighted by Gasteiger charge is 1.95. The molecule has 0 bridgehead atoms. The maximum absolute atomic E-state index is 2.16. The lowest BCUT2D eigenvalue weighted by atomic mass is 10.2. The van der Waals surface area contributed by atoms with Crippen molar-refractivity contribution in [3.05, 3.63) is 35.9 Å². The molecule has 0 atom stereocenters. The quantitative estimate of drug-likeness (QED) is 0.572. The van der Waals surface area contributed by atoms with Gasteiger partial charge in [-0.25, -0.2) is 0 Å². The Labute approximate surface area is 69.3 Å². The van der Waals surface area contributed by atoms with Crippen LogP contribution in [0.4, 0.5) is 0 Å². The third-order valence-electron chi connectivity index (χ3n) is 1.60. The molecule has 0 aliphatic heterocycles. The van der Waals surface area contributed by atoms with Crippen LogP contribution < -0.4 is 0 Å². The molecule has 0 N–H and O–H groups in total. The summed E-state index contributed by atoms with van der Waals surface area (Å²) in [6.07, 6.45) is 5.64. The first kappa shape index (κ1) is 8.32. The Balaban J connectivity index is 0.000000167. The van der Waals surface area contributed by atoms with Crippen LogP contribution in [0.3, 0.4) is 0 Å². The van der Waals surface area contributed by atoms with E-state index in [2.05, 4.69) is 31.2 Å². The molecule has 0 spiro atoms. The maximum Gasteiger partial charge on any atom is -0.0307 e. The molecule has 1 aliphatic carbocycles. The van der Waals surface area contributed by atoms with Crippen molar-refractivity contribution in [2.45, 2.75) is 32.6 Å². The van der Waals surface area contributed by atoms with Gasteiger partial charge in [-0.05, 0) is 12.0 Å². The Morgan fingerprint density at radius 3 is 1.82 bits per heavy atom. The lowest BCUT2D eigenvalue weighted by Gasteiger charge is -1.89. The zero-order valence-corrected chi connectivity index (χ0v) is 7.22. The third-order valence-corrected chi connectivity index (χ3v) is 1.60. The Hall–Kier alpha value is -0.780.